The number of hydrogen-bond acceptors (Lipinski definition) is 5. The molecule has 1 aromatic carbocycles. The molecular weight excluding hydrogens is 426 g/mol. The van der Waals surface area contributed by atoms with Crippen LogP contribution < -0.4 is 10.6 Å². The van der Waals surface area contributed by atoms with Gasteiger partial charge in [-0.2, -0.15) is 0 Å². The molecule has 0 unspecified atom stereocenters. The van der Waals surface area contributed by atoms with Gasteiger partial charge < -0.3 is 10.6 Å². The lowest BCUT2D eigenvalue weighted by Gasteiger charge is -2.24. The van der Waals surface area contributed by atoms with Crippen LogP contribution in [0.25, 0.3) is 22.4 Å². The highest BCUT2D eigenvalue weighted by atomic mass is 16.1. The first-order valence-electron chi connectivity index (χ1n) is 12.1. The first kappa shape index (κ1) is 22.1. The van der Waals surface area contributed by atoms with Gasteiger partial charge in [0.2, 0.25) is 0 Å². The van der Waals surface area contributed by atoms with E-state index >= 15 is 0 Å². The topological polar surface area (TPSA) is 89.7 Å². The van der Waals surface area contributed by atoms with Gasteiger partial charge in [-0.05, 0) is 63.1 Å². The second-order valence-corrected chi connectivity index (χ2v) is 9.30. The highest BCUT2D eigenvalue weighted by molar-refractivity contribution is 6.05. The van der Waals surface area contributed by atoms with Gasteiger partial charge in [0, 0.05) is 30.1 Å². The molecule has 0 aliphatic heterocycles. The Morgan fingerprint density at radius 3 is 2.56 bits per heavy atom. The minimum absolute atomic E-state index is 0.215. The molecule has 176 valence electrons. The SMILES string of the molecule is CC(C)n1c(-c2cccc(NC(=O)c3ccc4ccc(NC5CCCCC5)nc4c3)n2)nn1C. The fraction of sp³-hybridized carbons (Fsp3) is 0.385. The molecule has 5 rings (SSSR count). The Hall–Kier alpha value is -3.68. The number of carbonyl (C=O) groups excluding carboxylic acids is 1. The standard InChI is InChI=1S/C26H31N7O/c1-17(2)33-25(31-32(33)3)21-10-7-11-23(28-21)30-26(34)19-13-12-18-14-15-24(29-22(18)16-19)27-20-8-5-4-6-9-20/h7,10-17,20H,4-6,8-9H2,1-3H3,(H,27,29)(H,28,30,34). The fourth-order valence-corrected chi connectivity index (χ4v) is 4.69. The summed E-state index contributed by atoms with van der Waals surface area (Å²) in [5.74, 6) is 1.94. The highest BCUT2D eigenvalue weighted by Crippen LogP contribution is 2.24. The van der Waals surface area contributed by atoms with E-state index in [1.54, 1.807) is 10.9 Å². The number of hydrogen-bond donors (Lipinski definition) is 2. The molecule has 8 nitrogen and oxygen atoms in total. The second-order valence-electron chi connectivity index (χ2n) is 9.30. The van der Waals surface area contributed by atoms with Gasteiger partial charge in [-0.1, -0.05) is 31.4 Å². The molecule has 0 atom stereocenters. The minimum Gasteiger partial charge on any atom is -0.367 e. The van der Waals surface area contributed by atoms with Crippen molar-refractivity contribution in [3.8, 4) is 11.5 Å². The molecule has 1 aliphatic rings. The highest BCUT2D eigenvalue weighted by Gasteiger charge is 2.18. The molecule has 1 amide bonds. The molecule has 0 saturated heterocycles. The van der Waals surface area contributed by atoms with Crippen LogP contribution in [-0.4, -0.2) is 36.5 Å². The van der Waals surface area contributed by atoms with Crippen molar-refractivity contribution in [3.05, 3.63) is 54.1 Å². The van der Waals surface area contributed by atoms with E-state index in [4.69, 9.17) is 4.98 Å². The van der Waals surface area contributed by atoms with Gasteiger partial charge in [0.05, 0.1) is 5.52 Å². The van der Waals surface area contributed by atoms with Crippen LogP contribution in [0.4, 0.5) is 11.6 Å². The molecule has 2 N–H and O–H groups in total. The van der Waals surface area contributed by atoms with E-state index in [1.807, 2.05) is 43.4 Å². The summed E-state index contributed by atoms with van der Waals surface area (Å²) in [6.07, 6.45) is 6.23. The van der Waals surface area contributed by atoms with Crippen LogP contribution in [0.5, 0.6) is 0 Å². The zero-order valence-corrected chi connectivity index (χ0v) is 20.0. The summed E-state index contributed by atoms with van der Waals surface area (Å²) in [5.41, 5.74) is 2.07. The Morgan fingerprint density at radius 1 is 1.00 bits per heavy atom. The number of amides is 1. The predicted octanol–water partition coefficient (Wildman–Crippen LogP) is 5.41. The van der Waals surface area contributed by atoms with Crippen molar-refractivity contribution in [2.75, 3.05) is 10.6 Å². The van der Waals surface area contributed by atoms with Crippen molar-refractivity contribution in [2.45, 2.75) is 58.0 Å². The van der Waals surface area contributed by atoms with Crippen LogP contribution in [0.1, 0.15) is 62.4 Å². The van der Waals surface area contributed by atoms with Crippen molar-refractivity contribution in [2.24, 2.45) is 7.05 Å². The maximum atomic E-state index is 13.0. The molecule has 1 aliphatic carbocycles. The first-order chi connectivity index (χ1) is 16.5. The molecule has 34 heavy (non-hydrogen) atoms. The van der Waals surface area contributed by atoms with E-state index < -0.39 is 0 Å². The van der Waals surface area contributed by atoms with Crippen LogP contribution in [-0.2, 0) is 7.05 Å². The summed E-state index contributed by atoms with van der Waals surface area (Å²) < 4.78 is 2.06. The van der Waals surface area contributed by atoms with Gasteiger partial charge in [-0.15, -0.1) is 5.10 Å². The third kappa shape index (κ3) is 4.53. The van der Waals surface area contributed by atoms with Gasteiger partial charge in [0.15, 0.2) is 5.82 Å². The number of anilines is 2. The predicted molar refractivity (Wildman–Crippen MR) is 135 cm³/mol. The zero-order chi connectivity index (χ0) is 23.7. The largest absolute Gasteiger partial charge is 0.367 e. The lowest BCUT2D eigenvalue weighted by Crippen LogP contribution is -2.28. The third-order valence-electron chi connectivity index (χ3n) is 6.39. The number of carbonyl (C=O) groups is 1. The maximum absolute atomic E-state index is 13.0. The molecule has 0 radical (unpaired) electrons. The van der Waals surface area contributed by atoms with Gasteiger partial charge in [-0.3, -0.25) is 4.79 Å². The fourth-order valence-electron chi connectivity index (χ4n) is 4.69. The summed E-state index contributed by atoms with van der Waals surface area (Å²) in [6.45, 7) is 4.20. The zero-order valence-electron chi connectivity index (χ0n) is 20.0. The monoisotopic (exact) mass is 457 g/mol. The Labute approximate surface area is 199 Å². The van der Waals surface area contributed by atoms with Gasteiger partial charge in [0.1, 0.15) is 17.3 Å². The van der Waals surface area contributed by atoms with Crippen LogP contribution in [0.3, 0.4) is 0 Å². The summed E-state index contributed by atoms with van der Waals surface area (Å²) in [7, 11) is 1.90. The second kappa shape index (κ2) is 9.29. The normalized spacial score (nSPS) is 14.6. The Kier molecular flexibility index (Phi) is 6.04. The van der Waals surface area contributed by atoms with Gasteiger partial charge in [-0.25, -0.2) is 19.4 Å². The molecular formula is C26H31N7O. The Morgan fingerprint density at radius 2 is 1.79 bits per heavy atom. The molecule has 3 aromatic heterocycles. The molecule has 4 aromatic rings. The van der Waals surface area contributed by atoms with Crippen LogP contribution >= 0.6 is 0 Å². The number of nitrogens with one attached hydrogen (secondary N) is 2. The van der Waals surface area contributed by atoms with E-state index in [9.17, 15) is 4.79 Å². The average molecular weight is 458 g/mol. The van der Waals surface area contributed by atoms with Crippen molar-refractivity contribution in [1.82, 2.24) is 24.5 Å². The first-order valence-corrected chi connectivity index (χ1v) is 12.1. The molecule has 0 spiro atoms. The quantitative estimate of drug-likeness (QED) is 0.404. The van der Waals surface area contributed by atoms with E-state index in [2.05, 4.69) is 45.3 Å². The average Bonchev–Trinajstić information content (AvgIpc) is 2.82. The van der Waals surface area contributed by atoms with Gasteiger partial charge >= 0.3 is 0 Å². The third-order valence-corrected chi connectivity index (χ3v) is 6.39. The van der Waals surface area contributed by atoms with Crippen LogP contribution in [0.2, 0.25) is 0 Å². The van der Waals surface area contributed by atoms with Crippen molar-refractivity contribution in [1.29, 1.82) is 0 Å². The lowest BCUT2D eigenvalue weighted by atomic mass is 9.95. The summed E-state index contributed by atoms with van der Waals surface area (Å²) in [6, 6.07) is 16.0. The number of rotatable bonds is 6. The molecule has 0 bridgehead atoms. The molecule has 1 fully saturated rings. The molecule has 1 saturated carbocycles. The summed E-state index contributed by atoms with van der Waals surface area (Å²) in [4.78, 5) is 24.2. The van der Waals surface area contributed by atoms with E-state index in [0.29, 0.717) is 17.4 Å². The van der Waals surface area contributed by atoms with Crippen LogP contribution in [0.15, 0.2) is 48.5 Å². The molecule has 8 heteroatoms. The minimum atomic E-state index is -0.215. The Bertz CT molecular complexity index is 1310. The number of fused-ring (bicyclic) bond motifs is 1. The summed E-state index contributed by atoms with van der Waals surface area (Å²) in [5, 5.41) is 11.9. The lowest BCUT2D eigenvalue weighted by molar-refractivity contribution is 0.102. The smallest absolute Gasteiger partial charge is 0.256 e. The van der Waals surface area contributed by atoms with E-state index in [0.717, 1.165) is 28.2 Å². The van der Waals surface area contributed by atoms with Crippen molar-refractivity contribution < 1.29 is 4.79 Å². The van der Waals surface area contributed by atoms with E-state index in [-0.39, 0.29) is 11.9 Å². The number of nitrogens with zero attached hydrogens (tertiary/aromatic N) is 5. The number of aryl methyl sites for hydroxylation is 1. The van der Waals surface area contributed by atoms with Gasteiger partial charge in [0.25, 0.3) is 5.91 Å². The number of pyridine rings is 2. The van der Waals surface area contributed by atoms with Crippen molar-refractivity contribution >= 4 is 28.4 Å². The summed E-state index contributed by atoms with van der Waals surface area (Å²) >= 11 is 0. The van der Waals surface area contributed by atoms with Crippen LogP contribution in [0, 0.1) is 0 Å². The number of benzene rings is 1. The van der Waals surface area contributed by atoms with Crippen molar-refractivity contribution in [3.63, 3.8) is 0 Å². The number of aromatic nitrogens is 5. The molecule has 3 heterocycles. The van der Waals surface area contributed by atoms with E-state index in [1.165, 1.54) is 32.1 Å². The Balaban J connectivity index is 1.33. The maximum Gasteiger partial charge on any atom is 0.256 e.